The normalized spacial score (nSPS) is 10.7. The minimum atomic E-state index is 1.02. The maximum absolute atomic E-state index is 3.46. The van der Waals surface area contributed by atoms with Gasteiger partial charge < -0.3 is 10.6 Å². The molecule has 14 heavy (non-hydrogen) atoms. The molecule has 1 rings (SSSR count). The van der Waals surface area contributed by atoms with E-state index in [2.05, 4.69) is 35.9 Å². The molecule has 0 spiro atoms. The second kappa shape index (κ2) is 6.98. The summed E-state index contributed by atoms with van der Waals surface area (Å²) in [6.45, 7) is 8.63. The van der Waals surface area contributed by atoms with Crippen molar-refractivity contribution >= 4 is 11.3 Å². The number of hydrogen-bond donors (Lipinski definition) is 2. The highest BCUT2D eigenvalue weighted by Crippen LogP contribution is 2.14. The Bertz CT molecular complexity index is 245. The molecule has 0 saturated heterocycles. The zero-order valence-electron chi connectivity index (χ0n) is 9.10. The lowest BCUT2D eigenvalue weighted by atomic mass is 10.3. The molecule has 1 aromatic heterocycles. The smallest absolute Gasteiger partial charge is 0.0302 e. The largest absolute Gasteiger partial charge is 0.317 e. The fourth-order valence-electron chi connectivity index (χ4n) is 1.30. The minimum absolute atomic E-state index is 1.02. The summed E-state index contributed by atoms with van der Waals surface area (Å²) < 4.78 is 0. The fraction of sp³-hybridized carbons (Fsp3) is 0.636. The second-order valence-corrected chi connectivity index (χ2v) is 4.41. The van der Waals surface area contributed by atoms with Crippen LogP contribution in [0.1, 0.15) is 23.8 Å². The summed E-state index contributed by atoms with van der Waals surface area (Å²) in [7, 11) is 0. The van der Waals surface area contributed by atoms with Crippen LogP contribution in [0.5, 0.6) is 0 Å². The maximum Gasteiger partial charge on any atom is 0.0302 e. The Hall–Kier alpha value is -0.380. The van der Waals surface area contributed by atoms with Gasteiger partial charge in [-0.25, -0.2) is 0 Å². The topological polar surface area (TPSA) is 24.1 Å². The summed E-state index contributed by atoms with van der Waals surface area (Å²) in [5, 5.41) is 8.93. The van der Waals surface area contributed by atoms with E-state index in [0.717, 1.165) is 26.2 Å². The van der Waals surface area contributed by atoms with Gasteiger partial charge in [-0.05, 0) is 50.0 Å². The lowest BCUT2D eigenvalue weighted by Gasteiger charge is -2.04. The molecule has 80 valence electrons. The quantitative estimate of drug-likeness (QED) is 0.677. The van der Waals surface area contributed by atoms with Crippen molar-refractivity contribution < 1.29 is 0 Å². The molecule has 1 aromatic rings. The van der Waals surface area contributed by atoms with E-state index in [1.54, 1.807) is 0 Å². The molecule has 0 radical (unpaired) electrons. The van der Waals surface area contributed by atoms with Gasteiger partial charge in [-0.15, -0.1) is 11.3 Å². The summed E-state index contributed by atoms with van der Waals surface area (Å²) in [5.41, 5.74) is 1.41. The van der Waals surface area contributed by atoms with Crippen LogP contribution in [-0.4, -0.2) is 19.6 Å². The van der Waals surface area contributed by atoms with Gasteiger partial charge in [0.2, 0.25) is 0 Å². The summed E-state index contributed by atoms with van der Waals surface area (Å²) in [5.74, 6) is 0. The predicted octanol–water partition coefficient (Wildman–Crippen LogP) is 2.15. The average molecular weight is 212 g/mol. The van der Waals surface area contributed by atoms with Gasteiger partial charge in [0.15, 0.2) is 0 Å². The Morgan fingerprint density at radius 1 is 1.29 bits per heavy atom. The highest BCUT2D eigenvalue weighted by atomic mass is 32.1. The molecule has 0 fully saturated rings. The van der Waals surface area contributed by atoms with E-state index in [-0.39, 0.29) is 0 Å². The maximum atomic E-state index is 3.46. The van der Waals surface area contributed by atoms with Gasteiger partial charge in [-0.1, -0.05) is 6.92 Å². The van der Waals surface area contributed by atoms with Crippen LogP contribution in [0.4, 0.5) is 0 Å². The Balaban J connectivity index is 2.02. The molecule has 2 N–H and O–H groups in total. The van der Waals surface area contributed by atoms with Crippen LogP contribution >= 0.6 is 11.3 Å². The first-order chi connectivity index (χ1) is 6.84. The molecule has 0 amide bonds. The van der Waals surface area contributed by atoms with Gasteiger partial charge in [-0.3, -0.25) is 0 Å². The zero-order chi connectivity index (χ0) is 10.2. The molecule has 0 bridgehead atoms. The fourth-order valence-corrected chi connectivity index (χ4v) is 2.18. The molecule has 2 nitrogen and oxygen atoms in total. The summed E-state index contributed by atoms with van der Waals surface area (Å²) >= 11 is 1.84. The van der Waals surface area contributed by atoms with E-state index in [1.807, 2.05) is 11.3 Å². The molecular weight excluding hydrogens is 192 g/mol. The third kappa shape index (κ3) is 4.22. The number of thiophene rings is 1. The van der Waals surface area contributed by atoms with Gasteiger partial charge in [0.05, 0.1) is 0 Å². The van der Waals surface area contributed by atoms with E-state index in [0.29, 0.717) is 0 Å². The Labute approximate surface area is 90.7 Å². The number of rotatable bonds is 7. The molecule has 0 aliphatic carbocycles. The van der Waals surface area contributed by atoms with Crippen molar-refractivity contribution in [3.8, 4) is 0 Å². The van der Waals surface area contributed by atoms with E-state index in [4.69, 9.17) is 0 Å². The first-order valence-electron chi connectivity index (χ1n) is 5.29. The summed E-state index contributed by atoms with van der Waals surface area (Å²) in [6.07, 6.45) is 1.21. The SMILES string of the molecule is CCNCCCNCc1sccc1C. The van der Waals surface area contributed by atoms with Crippen molar-refractivity contribution in [2.24, 2.45) is 0 Å². The third-order valence-electron chi connectivity index (χ3n) is 2.21. The van der Waals surface area contributed by atoms with E-state index >= 15 is 0 Å². The van der Waals surface area contributed by atoms with Crippen molar-refractivity contribution in [1.82, 2.24) is 10.6 Å². The van der Waals surface area contributed by atoms with E-state index in [1.165, 1.54) is 16.9 Å². The first-order valence-corrected chi connectivity index (χ1v) is 6.17. The molecule has 0 aliphatic rings. The Morgan fingerprint density at radius 2 is 2.07 bits per heavy atom. The van der Waals surface area contributed by atoms with Gasteiger partial charge in [-0.2, -0.15) is 0 Å². The molecule has 1 heterocycles. The standard InChI is InChI=1S/C11H20N2S/c1-3-12-6-4-7-13-9-11-10(2)5-8-14-11/h5,8,12-13H,3-4,6-7,9H2,1-2H3. The van der Waals surface area contributed by atoms with Crippen molar-refractivity contribution in [3.63, 3.8) is 0 Å². The Kier molecular flexibility index (Phi) is 5.83. The molecule has 0 unspecified atom stereocenters. The van der Waals surface area contributed by atoms with Crippen LogP contribution in [-0.2, 0) is 6.54 Å². The van der Waals surface area contributed by atoms with Crippen molar-refractivity contribution in [2.75, 3.05) is 19.6 Å². The lowest BCUT2D eigenvalue weighted by Crippen LogP contribution is -2.21. The number of nitrogens with one attached hydrogen (secondary N) is 2. The van der Waals surface area contributed by atoms with E-state index < -0.39 is 0 Å². The van der Waals surface area contributed by atoms with Crippen molar-refractivity contribution in [3.05, 3.63) is 21.9 Å². The predicted molar refractivity (Wildman–Crippen MR) is 63.9 cm³/mol. The Morgan fingerprint density at radius 3 is 2.71 bits per heavy atom. The van der Waals surface area contributed by atoms with Gasteiger partial charge >= 0.3 is 0 Å². The van der Waals surface area contributed by atoms with Crippen LogP contribution < -0.4 is 10.6 Å². The third-order valence-corrected chi connectivity index (χ3v) is 3.23. The van der Waals surface area contributed by atoms with Gasteiger partial charge in [0, 0.05) is 11.4 Å². The van der Waals surface area contributed by atoms with Crippen LogP contribution in [0, 0.1) is 6.92 Å². The second-order valence-electron chi connectivity index (χ2n) is 3.41. The first kappa shape index (κ1) is 11.7. The van der Waals surface area contributed by atoms with Crippen LogP contribution in [0.15, 0.2) is 11.4 Å². The number of hydrogen-bond acceptors (Lipinski definition) is 3. The highest BCUT2D eigenvalue weighted by Gasteiger charge is 1.97. The van der Waals surface area contributed by atoms with Crippen molar-refractivity contribution in [1.29, 1.82) is 0 Å². The van der Waals surface area contributed by atoms with E-state index in [9.17, 15) is 0 Å². The highest BCUT2D eigenvalue weighted by molar-refractivity contribution is 7.10. The van der Waals surface area contributed by atoms with Gasteiger partial charge in [0.1, 0.15) is 0 Å². The summed E-state index contributed by atoms with van der Waals surface area (Å²) in [6, 6.07) is 2.18. The molecule has 0 saturated carbocycles. The zero-order valence-corrected chi connectivity index (χ0v) is 9.91. The molecule has 0 aromatic carbocycles. The number of aryl methyl sites for hydroxylation is 1. The molecule has 3 heteroatoms. The van der Waals surface area contributed by atoms with Crippen LogP contribution in [0.3, 0.4) is 0 Å². The lowest BCUT2D eigenvalue weighted by molar-refractivity contribution is 0.608. The van der Waals surface area contributed by atoms with Gasteiger partial charge in [0.25, 0.3) is 0 Å². The minimum Gasteiger partial charge on any atom is -0.317 e. The average Bonchev–Trinajstić information content (AvgIpc) is 2.58. The van der Waals surface area contributed by atoms with Crippen LogP contribution in [0.2, 0.25) is 0 Å². The molecule has 0 atom stereocenters. The molecular formula is C11H20N2S. The van der Waals surface area contributed by atoms with Crippen molar-refractivity contribution in [2.45, 2.75) is 26.8 Å². The van der Waals surface area contributed by atoms with Crippen LogP contribution in [0.25, 0.3) is 0 Å². The monoisotopic (exact) mass is 212 g/mol. The summed E-state index contributed by atoms with van der Waals surface area (Å²) in [4.78, 5) is 1.47. The molecule has 0 aliphatic heterocycles.